The number of likely N-dealkylation sites (tertiary alicyclic amines) is 1. The van der Waals surface area contributed by atoms with E-state index < -0.39 is 0 Å². The summed E-state index contributed by atoms with van der Waals surface area (Å²) in [5.74, 6) is -0.275. The van der Waals surface area contributed by atoms with Gasteiger partial charge in [0.05, 0.1) is 0 Å². The summed E-state index contributed by atoms with van der Waals surface area (Å²) in [4.78, 5) is 21.3. The maximum Gasteiger partial charge on any atom is 0.168 e. The van der Waals surface area contributed by atoms with Crippen LogP contribution in [0.25, 0.3) is 22.3 Å². The lowest BCUT2D eigenvalue weighted by Crippen LogP contribution is -2.42. The summed E-state index contributed by atoms with van der Waals surface area (Å²) in [6.07, 6.45) is 6.54. The second-order valence-electron chi connectivity index (χ2n) is 9.59. The van der Waals surface area contributed by atoms with Crippen molar-refractivity contribution >= 4 is 12.0 Å². The number of aryl methyl sites for hydroxylation is 1. The monoisotopic (exact) mass is 511 g/mol. The van der Waals surface area contributed by atoms with E-state index in [0.29, 0.717) is 18.0 Å². The van der Waals surface area contributed by atoms with Gasteiger partial charge in [-0.2, -0.15) is 0 Å². The third kappa shape index (κ3) is 7.54. The van der Waals surface area contributed by atoms with Crippen LogP contribution in [0.5, 0.6) is 0 Å². The molecule has 1 aliphatic heterocycles. The number of nitrogens with two attached hydrogens (primary N) is 1. The van der Waals surface area contributed by atoms with Crippen LogP contribution in [0.4, 0.5) is 10.1 Å². The molecule has 1 fully saturated rings. The van der Waals surface area contributed by atoms with Crippen LogP contribution in [0.2, 0.25) is 0 Å². The van der Waals surface area contributed by atoms with Crippen LogP contribution in [0, 0.1) is 12.7 Å². The molecule has 4 aromatic rings. The number of carbonyl (C=O) groups is 1. The Morgan fingerprint density at radius 3 is 2.47 bits per heavy atom. The first-order chi connectivity index (χ1) is 18.4. The van der Waals surface area contributed by atoms with Gasteiger partial charge in [-0.3, -0.25) is 19.7 Å². The Balaban J connectivity index is 0.000000194. The number of anilines is 1. The van der Waals surface area contributed by atoms with E-state index in [9.17, 15) is 9.18 Å². The van der Waals surface area contributed by atoms with Crippen molar-refractivity contribution in [2.45, 2.75) is 32.4 Å². The molecule has 2 aromatic carbocycles. The topological polar surface area (TPSA) is 84.1 Å². The molecular formula is C31H34FN5O. The van der Waals surface area contributed by atoms with Gasteiger partial charge in [0.1, 0.15) is 11.5 Å². The summed E-state index contributed by atoms with van der Waals surface area (Å²) in [5.41, 5.74) is 14.1. The Morgan fingerprint density at radius 1 is 1.00 bits per heavy atom. The van der Waals surface area contributed by atoms with Gasteiger partial charge >= 0.3 is 0 Å². The van der Waals surface area contributed by atoms with Crippen LogP contribution >= 0.6 is 0 Å². The highest BCUT2D eigenvalue weighted by Crippen LogP contribution is 2.26. The van der Waals surface area contributed by atoms with E-state index in [0.717, 1.165) is 54.1 Å². The van der Waals surface area contributed by atoms with Gasteiger partial charge in [0.2, 0.25) is 0 Å². The van der Waals surface area contributed by atoms with Crippen LogP contribution in [-0.2, 0) is 6.54 Å². The summed E-state index contributed by atoms with van der Waals surface area (Å²) in [7, 11) is 1.97. The quantitative estimate of drug-likeness (QED) is 0.322. The lowest BCUT2D eigenvalue weighted by Gasteiger charge is -2.30. The van der Waals surface area contributed by atoms with E-state index in [4.69, 9.17) is 5.73 Å². The first-order valence-corrected chi connectivity index (χ1v) is 12.8. The van der Waals surface area contributed by atoms with Crippen molar-refractivity contribution < 1.29 is 9.18 Å². The fraction of sp³-hybridized carbons (Fsp3) is 0.258. The van der Waals surface area contributed by atoms with Gasteiger partial charge in [-0.1, -0.05) is 18.2 Å². The zero-order valence-corrected chi connectivity index (χ0v) is 21.9. The molecule has 1 unspecified atom stereocenters. The lowest BCUT2D eigenvalue weighted by atomic mass is 10.0. The fourth-order valence-electron chi connectivity index (χ4n) is 4.56. The third-order valence-electron chi connectivity index (χ3n) is 6.55. The number of hydrogen-bond acceptors (Lipinski definition) is 6. The molecule has 1 atom stereocenters. The fourth-order valence-corrected chi connectivity index (χ4v) is 4.56. The minimum Gasteiger partial charge on any atom is -0.388 e. The lowest BCUT2D eigenvalue weighted by molar-refractivity contribution is 0.111. The molecule has 6 nitrogen and oxygen atoms in total. The number of nitrogens with one attached hydrogen (secondary N) is 1. The summed E-state index contributed by atoms with van der Waals surface area (Å²) >= 11 is 0. The Bertz CT molecular complexity index is 1340. The van der Waals surface area contributed by atoms with Crippen molar-refractivity contribution in [3.05, 3.63) is 102 Å². The molecule has 3 N–H and O–H groups in total. The molecule has 0 radical (unpaired) electrons. The van der Waals surface area contributed by atoms with Gasteiger partial charge in [-0.25, -0.2) is 4.39 Å². The van der Waals surface area contributed by atoms with Crippen LogP contribution in [0.1, 0.15) is 34.6 Å². The third-order valence-corrected chi connectivity index (χ3v) is 6.55. The van der Waals surface area contributed by atoms with E-state index >= 15 is 0 Å². The summed E-state index contributed by atoms with van der Waals surface area (Å²) in [5, 5.41) is 3.27. The van der Waals surface area contributed by atoms with Gasteiger partial charge in [-0.05, 0) is 97.1 Å². The van der Waals surface area contributed by atoms with E-state index in [1.54, 1.807) is 30.5 Å². The molecule has 0 saturated carbocycles. The number of pyridine rings is 2. The second kappa shape index (κ2) is 13.0. The minimum atomic E-state index is -0.275. The van der Waals surface area contributed by atoms with Crippen molar-refractivity contribution in [1.29, 1.82) is 0 Å². The molecule has 1 aliphatic rings. The minimum absolute atomic E-state index is 0.275. The average molecular weight is 512 g/mol. The first-order valence-electron chi connectivity index (χ1n) is 12.8. The van der Waals surface area contributed by atoms with Crippen LogP contribution < -0.4 is 11.1 Å². The number of nitrogens with zero attached hydrogens (tertiary/aromatic N) is 3. The summed E-state index contributed by atoms with van der Waals surface area (Å²) in [6, 6.07) is 20.7. The number of benzene rings is 2. The summed E-state index contributed by atoms with van der Waals surface area (Å²) in [6.45, 7) is 5.10. The van der Waals surface area contributed by atoms with E-state index in [-0.39, 0.29) is 5.82 Å². The van der Waals surface area contributed by atoms with Crippen molar-refractivity contribution in [2.75, 3.05) is 25.5 Å². The number of rotatable bonds is 6. The molecule has 1 saturated heterocycles. The maximum atomic E-state index is 12.7. The Morgan fingerprint density at radius 2 is 1.79 bits per heavy atom. The molecular weight excluding hydrogens is 477 g/mol. The maximum absolute atomic E-state index is 12.7. The molecule has 7 heteroatoms. The predicted octanol–water partition coefficient (Wildman–Crippen LogP) is 5.72. The molecule has 3 heterocycles. The van der Waals surface area contributed by atoms with Gasteiger partial charge in [0.15, 0.2) is 6.29 Å². The number of piperidine rings is 1. The zero-order valence-electron chi connectivity index (χ0n) is 21.9. The van der Waals surface area contributed by atoms with Gasteiger partial charge < -0.3 is 11.1 Å². The van der Waals surface area contributed by atoms with Gasteiger partial charge in [0, 0.05) is 55.5 Å². The number of hydrogen-bond donors (Lipinski definition) is 2. The smallest absolute Gasteiger partial charge is 0.168 e. The Kier molecular flexibility index (Phi) is 9.30. The average Bonchev–Trinajstić information content (AvgIpc) is 2.94. The van der Waals surface area contributed by atoms with E-state index in [2.05, 4.69) is 50.5 Å². The number of aldehydes is 1. The highest BCUT2D eigenvalue weighted by Gasteiger charge is 2.17. The molecule has 0 amide bonds. The Labute approximate surface area is 223 Å². The molecule has 196 valence electrons. The molecule has 2 aromatic heterocycles. The van der Waals surface area contributed by atoms with Gasteiger partial charge in [-0.15, -0.1) is 0 Å². The van der Waals surface area contributed by atoms with Crippen LogP contribution in [0.15, 0.2) is 79.1 Å². The summed E-state index contributed by atoms with van der Waals surface area (Å²) < 4.78 is 12.7. The molecule has 0 bridgehead atoms. The van der Waals surface area contributed by atoms with Gasteiger partial charge in [0.25, 0.3) is 0 Å². The Hall–Kier alpha value is -3.94. The normalized spacial score (nSPS) is 15.3. The van der Waals surface area contributed by atoms with Crippen molar-refractivity contribution in [2.24, 2.45) is 5.73 Å². The van der Waals surface area contributed by atoms with Crippen molar-refractivity contribution in [1.82, 2.24) is 14.9 Å². The zero-order chi connectivity index (χ0) is 26.9. The van der Waals surface area contributed by atoms with Crippen LogP contribution in [0.3, 0.4) is 0 Å². The highest BCUT2D eigenvalue weighted by molar-refractivity contribution is 5.76. The largest absolute Gasteiger partial charge is 0.388 e. The molecule has 0 spiro atoms. The first kappa shape index (κ1) is 27.1. The van der Waals surface area contributed by atoms with E-state index in [1.807, 2.05) is 20.2 Å². The van der Waals surface area contributed by atoms with Crippen LogP contribution in [-0.4, -0.2) is 47.3 Å². The number of halogens is 1. The second-order valence-corrected chi connectivity index (χ2v) is 9.59. The molecule has 38 heavy (non-hydrogen) atoms. The standard InChI is InChI=1S/C19H26N4.C12H8FNO/c1-14-5-6-16(11-22-14)17-8-15(9-19(10-17)21-2)12-23-7-3-4-18(20)13-23;13-11-3-1-9(2-4-11)10-5-6-14-12(7-10)8-15/h5-6,8-11,18,21H,3-4,7,12-13,20H2,1-2H3;1-8H. The van der Waals surface area contributed by atoms with E-state index in [1.165, 1.54) is 29.7 Å². The SMILES string of the molecule is CNc1cc(CN2CCCC(N)C2)cc(-c2ccc(C)nc2)c1.O=Cc1cc(-c2ccc(F)cc2)ccn1. The van der Waals surface area contributed by atoms with Crippen molar-refractivity contribution in [3.8, 4) is 22.3 Å². The molecule has 0 aliphatic carbocycles. The predicted molar refractivity (Wildman–Crippen MR) is 151 cm³/mol. The number of carbonyl (C=O) groups excluding carboxylic acids is 1. The highest BCUT2D eigenvalue weighted by atomic mass is 19.1. The number of aromatic nitrogens is 2. The molecule has 5 rings (SSSR count). The van der Waals surface area contributed by atoms with Crippen molar-refractivity contribution in [3.63, 3.8) is 0 Å².